The quantitative estimate of drug-likeness (QED) is 0.686. The minimum absolute atomic E-state index is 0.0126. The Balaban J connectivity index is 2.46. The minimum atomic E-state index is -0.667. The summed E-state index contributed by atoms with van der Waals surface area (Å²) in [6.07, 6.45) is 1.31. The predicted octanol–water partition coefficient (Wildman–Crippen LogP) is 2.92. The van der Waals surface area contributed by atoms with Crippen LogP contribution in [0.3, 0.4) is 0 Å². The molecule has 0 bridgehead atoms. The third-order valence-electron chi connectivity index (χ3n) is 3.96. The van der Waals surface area contributed by atoms with Gasteiger partial charge in [-0.25, -0.2) is 4.68 Å². The van der Waals surface area contributed by atoms with Crippen molar-refractivity contribution in [3.8, 4) is 11.8 Å². The highest BCUT2D eigenvalue weighted by Gasteiger charge is 2.25. The number of para-hydroxylation sites is 1. The SMILES string of the molecule is Cc1c(N/C=C(/C#N)C(=O)C(C)(C)C)c(=O)n(-c2ccccc2)n1C. The maximum Gasteiger partial charge on any atom is 0.295 e. The molecule has 0 amide bonds. The highest BCUT2D eigenvalue weighted by Crippen LogP contribution is 2.20. The number of allylic oxidation sites excluding steroid dienone is 1. The van der Waals surface area contributed by atoms with Crippen molar-refractivity contribution in [2.24, 2.45) is 12.5 Å². The van der Waals surface area contributed by atoms with E-state index in [9.17, 15) is 14.9 Å². The molecule has 0 aliphatic heterocycles. The van der Waals surface area contributed by atoms with Crippen molar-refractivity contribution in [1.29, 1.82) is 5.26 Å². The summed E-state index contributed by atoms with van der Waals surface area (Å²) in [5.74, 6) is -0.278. The fraction of sp³-hybridized carbons (Fsp3) is 0.316. The van der Waals surface area contributed by atoms with E-state index >= 15 is 0 Å². The number of Topliss-reactive ketones (excluding diaryl/α,β-unsaturated/α-hetero) is 1. The van der Waals surface area contributed by atoms with Gasteiger partial charge in [-0.15, -0.1) is 0 Å². The maximum absolute atomic E-state index is 12.8. The van der Waals surface area contributed by atoms with Gasteiger partial charge < -0.3 is 5.32 Å². The molecule has 2 aromatic rings. The third kappa shape index (κ3) is 3.56. The van der Waals surface area contributed by atoms with Crippen LogP contribution in [0.4, 0.5) is 5.69 Å². The molecule has 1 heterocycles. The van der Waals surface area contributed by atoms with Crippen LogP contribution in [-0.2, 0) is 11.8 Å². The normalized spacial score (nSPS) is 11.9. The summed E-state index contributed by atoms with van der Waals surface area (Å²) < 4.78 is 3.26. The number of anilines is 1. The van der Waals surface area contributed by atoms with Gasteiger partial charge in [-0.1, -0.05) is 39.0 Å². The van der Waals surface area contributed by atoms with Gasteiger partial charge in [0, 0.05) is 18.7 Å². The summed E-state index contributed by atoms with van der Waals surface area (Å²) in [5.41, 5.74) is 0.844. The molecule has 6 nitrogen and oxygen atoms in total. The van der Waals surface area contributed by atoms with E-state index in [2.05, 4.69) is 5.32 Å². The average Bonchev–Trinajstić information content (AvgIpc) is 2.78. The average molecular weight is 338 g/mol. The molecule has 0 aliphatic carbocycles. The first-order chi connectivity index (χ1) is 11.7. The molecule has 0 aliphatic rings. The van der Waals surface area contributed by atoms with E-state index in [1.54, 1.807) is 39.4 Å². The van der Waals surface area contributed by atoms with Gasteiger partial charge in [-0.3, -0.25) is 14.3 Å². The van der Waals surface area contributed by atoms with Crippen LogP contribution in [0.25, 0.3) is 5.69 Å². The topological polar surface area (TPSA) is 79.8 Å². The van der Waals surface area contributed by atoms with Gasteiger partial charge in [-0.05, 0) is 19.1 Å². The zero-order valence-corrected chi connectivity index (χ0v) is 15.1. The van der Waals surface area contributed by atoms with Crippen LogP contribution in [-0.4, -0.2) is 15.1 Å². The zero-order valence-electron chi connectivity index (χ0n) is 15.1. The van der Waals surface area contributed by atoms with Crippen molar-refractivity contribution in [2.75, 3.05) is 5.32 Å². The van der Waals surface area contributed by atoms with Crippen molar-refractivity contribution in [1.82, 2.24) is 9.36 Å². The molecule has 1 N–H and O–H groups in total. The van der Waals surface area contributed by atoms with Crippen LogP contribution in [0.1, 0.15) is 26.5 Å². The largest absolute Gasteiger partial charge is 0.354 e. The van der Waals surface area contributed by atoms with Gasteiger partial charge in [0.15, 0.2) is 5.78 Å². The second-order valence-electron chi connectivity index (χ2n) is 6.83. The molecule has 0 radical (unpaired) electrons. The van der Waals surface area contributed by atoms with E-state index in [4.69, 9.17) is 0 Å². The number of nitriles is 1. The highest BCUT2D eigenvalue weighted by atomic mass is 16.1. The number of ketones is 1. The Hall–Kier alpha value is -3.07. The lowest BCUT2D eigenvalue weighted by Gasteiger charge is -2.15. The fourth-order valence-electron chi connectivity index (χ4n) is 2.43. The molecule has 0 saturated heterocycles. The number of hydrogen-bond donors (Lipinski definition) is 1. The summed E-state index contributed by atoms with van der Waals surface area (Å²) >= 11 is 0. The lowest BCUT2D eigenvalue weighted by atomic mass is 9.87. The first kappa shape index (κ1) is 18.3. The van der Waals surface area contributed by atoms with Crippen LogP contribution in [0.15, 0.2) is 46.9 Å². The monoisotopic (exact) mass is 338 g/mol. The lowest BCUT2D eigenvalue weighted by molar-refractivity contribution is -0.122. The van der Waals surface area contributed by atoms with E-state index in [1.807, 2.05) is 36.4 Å². The molecule has 0 atom stereocenters. The first-order valence-corrected chi connectivity index (χ1v) is 7.94. The minimum Gasteiger partial charge on any atom is -0.354 e. The Morgan fingerprint density at radius 3 is 2.36 bits per heavy atom. The maximum atomic E-state index is 12.8. The number of benzene rings is 1. The lowest BCUT2D eigenvalue weighted by Crippen LogP contribution is -2.23. The molecule has 130 valence electrons. The van der Waals surface area contributed by atoms with Gasteiger partial charge in [0.2, 0.25) is 0 Å². The first-order valence-electron chi connectivity index (χ1n) is 7.94. The van der Waals surface area contributed by atoms with Crippen molar-refractivity contribution in [3.05, 3.63) is 58.2 Å². The molecular weight excluding hydrogens is 316 g/mol. The van der Waals surface area contributed by atoms with Gasteiger partial charge in [0.25, 0.3) is 5.56 Å². The molecule has 6 heteroatoms. The van der Waals surface area contributed by atoms with Crippen LogP contribution in [0, 0.1) is 23.7 Å². The van der Waals surface area contributed by atoms with Gasteiger partial charge in [0.05, 0.1) is 11.4 Å². The number of aromatic nitrogens is 2. The summed E-state index contributed by atoms with van der Waals surface area (Å²) in [6, 6.07) is 11.2. The predicted molar refractivity (Wildman–Crippen MR) is 97.5 cm³/mol. The number of carbonyl (C=O) groups excluding carboxylic acids is 1. The molecule has 1 aromatic heterocycles. The zero-order chi connectivity index (χ0) is 18.8. The fourth-order valence-corrected chi connectivity index (χ4v) is 2.43. The number of nitrogens with zero attached hydrogens (tertiary/aromatic N) is 3. The molecule has 1 aromatic carbocycles. The van der Waals surface area contributed by atoms with Gasteiger partial charge in [-0.2, -0.15) is 5.26 Å². The Labute approximate surface area is 147 Å². The summed E-state index contributed by atoms with van der Waals surface area (Å²) in [5, 5.41) is 12.1. The number of hydrogen-bond acceptors (Lipinski definition) is 4. The molecule has 0 unspecified atom stereocenters. The Morgan fingerprint density at radius 1 is 1.24 bits per heavy atom. The van der Waals surface area contributed by atoms with Crippen molar-refractivity contribution in [2.45, 2.75) is 27.7 Å². The highest BCUT2D eigenvalue weighted by molar-refractivity contribution is 6.02. The van der Waals surface area contributed by atoms with Crippen LogP contribution in [0.2, 0.25) is 0 Å². The number of carbonyl (C=O) groups is 1. The Bertz CT molecular complexity index is 919. The van der Waals surface area contributed by atoms with E-state index < -0.39 is 5.41 Å². The van der Waals surface area contributed by atoms with Gasteiger partial charge in [0.1, 0.15) is 17.3 Å². The Morgan fingerprint density at radius 2 is 1.84 bits per heavy atom. The summed E-state index contributed by atoms with van der Waals surface area (Å²) in [6.45, 7) is 7.04. The van der Waals surface area contributed by atoms with Crippen molar-refractivity contribution >= 4 is 11.5 Å². The van der Waals surface area contributed by atoms with E-state index in [0.29, 0.717) is 11.4 Å². The van der Waals surface area contributed by atoms with Crippen molar-refractivity contribution in [3.63, 3.8) is 0 Å². The molecule has 25 heavy (non-hydrogen) atoms. The Kier molecular flexibility index (Phi) is 4.98. The van der Waals surface area contributed by atoms with Crippen molar-refractivity contribution < 1.29 is 4.79 Å². The van der Waals surface area contributed by atoms with Crippen LogP contribution in [0.5, 0.6) is 0 Å². The number of nitrogens with one attached hydrogen (secondary N) is 1. The van der Waals surface area contributed by atoms with E-state index in [1.165, 1.54) is 10.9 Å². The second kappa shape index (κ2) is 6.81. The van der Waals surface area contributed by atoms with Crippen LogP contribution >= 0.6 is 0 Å². The van der Waals surface area contributed by atoms with Gasteiger partial charge >= 0.3 is 0 Å². The molecular formula is C19H22N4O2. The molecule has 0 fully saturated rings. The number of rotatable bonds is 4. The molecule has 0 saturated carbocycles. The van der Waals surface area contributed by atoms with Crippen LogP contribution < -0.4 is 10.9 Å². The standard InChI is InChI=1S/C19H22N4O2/c1-13-16(21-12-14(11-20)17(24)19(2,3)4)18(25)23(22(13)5)15-9-7-6-8-10-15/h6-10,12,21H,1-5H3/b14-12-. The van der Waals surface area contributed by atoms with E-state index in [-0.39, 0.29) is 16.9 Å². The second-order valence-corrected chi connectivity index (χ2v) is 6.83. The van der Waals surface area contributed by atoms with E-state index in [0.717, 1.165) is 5.69 Å². The summed E-state index contributed by atoms with van der Waals surface area (Å²) in [7, 11) is 1.78. The smallest absolute Gasteiger partial charge is 0.295 e. The molecule has 2 rings (SSSR count). The summed E-state index contributed by atoms with van der Waals surface area (Å²) in [4.78, 5) is 25.0. The third-order valence-corrected chi connectivity index (χ3v) is 3.96. The molecule has 0 spiro atoms.